The second-order valence-corrected chi connectivity index (χ2v) is 6.75. The number of rotatable bonds is 6. The van der Waals surface area contributed by atoms with Crippen LogP contribution in [0.25, 0.3) is 0 Å². The molecule has 1 fully saturated rings. The van der Waals surface area contributed by atoms with E-state index in [2.05, 4.69) is 49.2 Å². The zero-order valence-electron chi connectivity index (χ0n) is 15.0. The molecule has 1 N–H and O–H groups in total. The van der Waals surface area contributed by atoms with Gasteiger partial charge in [0.2, 0.25) is 0 Å². The minimum Gasteiger partial charge on any atom is -0.357 e. The third-order valence-corrected chi connectivity index (χ3v) is 4.08. The van der Waals surface area contributed by atoms with Gasteiger partial charge in [-0.2, -0.15) is 5.10 Å². The van der Waals surface area contributed by atoms with Crippen molar-refractivity contribution < 1.29 is 0 Å². The van der Waals surface area contributed by atoms with E-state index in [-0.39, 0.29) is 24.0 Å². The van der Waals surface area contributed by atoms with Crippen LogP contribution >= 0.6 is 24.0 Å². The van der Waals surface area contributed by atoms with Crippen molar-refractivity contribution in [3.63, 3.8) is 0 Å². The fraction of sp³-hybridized carbons (Fsp3) is 0.765. The quantitative estimate of drug-likeness (QED) is 0.426. The molecule has 23 heavy (non-hydrogen) atoms. The summed E-state index contributed by atoms with van der Waals surface area (Å²) < 4.78 is 1.97. The molecular formula is C17H32IN5. The zero-order chi connectivity index (χ0) is 15.9. The summed E-state index contributed by atoms with van der Waals surface area (Å²) in [6.07, 6.45) is 6.58. The average Bonchev–Trinajstić information content (AvgIpc) is 3.06. The van der Waals surface area contributed by atoms with E-state index in [0.29, 0.717) is 0 Å². The van der Waals surface area contributed by atoms with Gasteiger partial charge in [0.15, 0.2) is 5.96 Å². The molecule has 2 heterocycles. The summed E-state index contributed by atoms with van der Waals surface area (Å²) in [6.45, 7) is 13.6. The molecule has 1 saturated heterocycles. The molecule has 0 amide bonds. The lowest BCUT2D eigenvalue weighted by atomic mass is 9.97. The molecule has 1 atom stereocenters. The van der Waals surface area contributed by atoms with Gasteiger partial charge in [0, 0.05) is 25.8 Å². The Morgan fingerprint density at radius 1 is 1.48 bits per heavy atom. The predicted octanol–water partition coefficient (Wildman–Crippen LogP) is 3.14. The van der Waals surface area contributed by atoms with E-state index in [1.807, 2.05) is 10.9 Å². The first-order valence-electron chi connectivity index (χ1n) is 8.60. The molecule has 1 unspecified atom stereocenters. The van der Waals surface area contributed by atoms with Gasteiger partial charge in [-0.1, -0.05) is 13.8 Å². The number of aliphatic imine (C=N–C) groups is 1. The average molecular weight is 433 g/mol. The highest BCUT2D eigenvalue weighted by Gasteiger charge is 2.25. The Labute approximate surface area is 157 Å². The number of nitrogens with zero attached hydrogens (tertiary/aromatic N) is 4. The lowest BCUT2D eigenvalue weighted by Gasteiger charge is -2.22. The fourth-order valence-electron chi connectivity index (χ4n) is 3.16. The maximum absolute atomic E-state index is 4.78. The largest absolute Gasteiger partial charge is 0.357 e. The molecule has 1 aliphatic heterocycles. The molecule has 5 nitrogen and oxygen atoms in total. The second kappa shape index (κ2) is 10.2. The van der Waals surface area contributed by atoms with Gasteiger partial charge < -0.3 is 10.2 Å². The van der Waals surface area contributed by atoms with E-state index in [1.54, 1.807) is 0 Å². The van der Waals surface area contributed by atoms with E-state index >= 15 is 0 Å². The van der Waals surface area contributed by atoms with Gasteiger partial charge in [-0.25, -0.2) is 0 Å². The second-order valence-electron chi connectivity index (χ2n) is 6.75. The molecule has 1 aliphatic rings. The highest BCUT2D eigenvalue weighted by atomic mass is 127. The van der Waals surface area contributed by atoms with Gasteiger partial charge in [-0.3, -0.25) is 9.67 Å². The van der Waals surface area contributed by atoms with E-state index < -0.39 is 0 Å². The van der Waals surface area contributed by atoms with E-state index in [1.165, 1.54) is 18.4 Å². The first-order chi connectivity index (χ1) is 10.6. The van der Waals surface area contributed by atoms with Crippen molar-refractivity contribution in [1.29, 1.82) is 0 Å². The summed E-state index contributed by atoms with van der Waals surface area (Å²) in [4.78, 5) is 7.21. The van der Waals surface area contributed by atoms with E-state index in [0.717, 1.165) is 50.5 Å². The third-order valence-electron chi connectivity index (χ3n) is 4.08. The molecule has 0 bridgehead atoms. The van der Waals surface area contributed by atoms with Crippen molar-refractivity contribution in [1.82, 2.24) is 20.0 Å². The Balaban J connectivity index is 0.00000264. The molecule has 0 saturated carbocycles. The molecular weight excluding hydrogens is 401 g/mol. The summed E-state index contributed by atoms with van der Waals surface area (Å²) in [5, 5.41) is 7.75. The van der Waals surface area contributed by atoms with Crippen LogP contribution < -0.4 is 5.32 Å². The zero-order valence-corrected chi connectivity index (χ0v) is 17.3. The van der Waals surface area contributed by atoms with Crippen LogP contribution in [0, 0.1) is 18.8 Å². The fourth-order valence-corrected chi connectivity index (χ4v) is 3.16. The molecule has 0 aliphatic carbocycles. The minimum absolute atomic E-state index is 0. The predicted molar refractivity (Wildman–Crippen MR) is 107 cm³/mol. The van der Waals surface area contributed by atoms with Gasteiger partial charge in [0.25, 0.3) is 0 Å². The number of aromatic nitrogens is 2. The summed E-state index contributed by atoms with van der Waals surface area (Å²) in [5.41, 5.74) is 1.20. The van der Waals surface area contributed by atoms with Crippen molar-refractivity contribution >= 4 is 29.9 Å². The van der Waals surface area contributed by atoms with Crippen LogP contribution in [-0.4, -0.2) is 46.8 Å². The first-order valence-corrected chi connectivity index (χ1v) is 8.60. The van der Waals surface area contributed by atoms with Crippen LogP contribution in [0.2, 0.25) is 0 Å². The Bertz CT molecular complexity index is 483. The van der Waals surface area contributed by atoms with Gasteiger partial charge >= 0.3 is 0 Å². The van der Waals surface area contributed by atoms with Crippen LogP contribution in [0.1, 0.15) is 39.2 Å². The van der Waals surface area contributed by atoms with E-state index in [4.69, 9.17) is 4.99 Å². The molecule has 1 aromatic rings. The number of likely N-dealkylation sites (tertiary alicyclic amines) is 1. The van der Waals surface area contributed by atoms with Gasteiger partial charge in [0.05, 0.1) is 19.3 Å². The van der Waals surface area contributed by atoms with Crippen molar-refractivity contribution in [2.75, 3.05) is 26.2 Å². The lowest BCUT2D eigenvalue weighted by Crippen LogP contribution is -2.40. The number of guanidine groups is 1. The number of hydrogen-bond acceptors (Lipinski definition) is 2. The molecule has 0 radical (unpaired) electrons. The Morgan fingerprint density at radius 3 is 2.87 bits per heavy atom. The van der Waals surface area contributed by atoms with Gasteiger partial charge in [-0.15, -0.1) is 24.0 Å². The summed E-state index contributed by atoms with van der Waals surface area (Å²) in [7, 11) is 0. The standard InChI is InChI=1S/C17H31N5.HI/c1-5-18-17(19-7-9-22-12-15(4)11-20-22)21-8-6-16(13-21)10-14(2)3;/h11-12,14,16H,5-10,13H2,1-4H3,(H,18,19);1H. The third kappa shape index (κ3) is 6.69. The monoisotopic (exact) mass is 433 g/mol. The Morgan fingerprint density at radius 2 is 2.26 bits per heavy atom. The number of halogens is 1. The molecule has 0 spiro atoms. The summed E-state index contributed by atoms with van der Waals surface area (Å²) in [5.74, 6) is 2.67. The highest BCUT2D eigenvalue weighted by Crippen LogP contribution is 2.23. The first kappa shape index (κ1) is 20.3. The molecule has 1 aromatic heterocycles. The molecule has 6 heteroatoms. The Kier molecular flexibility index (Phi) is 8.94. The number of hydrogen-bond donors (Lipinski definition) is 1. The molecule has 2 rings (SSSR count). The Hall–Kier alpha value is -0.790. The van der Waals surface area contributed by atoms with Crippen molar-refractivity contribution in [3.05, 3.63) is 18.0 Å². The van der Waals surface area contributed by atoms with Crippen molar-refractivity contribution in [2.24, 2.45) is 16.8 Å². The van der Waals surface area contributed by atoms with Crippen LogP contribution in [0.3, 0.4) is 0 Å². The van der Waals surface area contributed by atoms with Crippen LogP contribution in [-0.2, 0) is 6.54 Å². The molecule has 0 aromatic carbocycles. The van der Waals surface area contributed by atoms with Crippen molar-refractivity contribution in [2.45, 2.75) is 47.1 Å². The maximum atomic E-state index is 4.78. The van der Waals surface area contributed by atoms with Crippen LogP contribution in [0.15, 0.2) is 17.4 Å². The summed E-state index contributed by atoms with van der Waals surface area (Å²) in [6, 6.07) is 0. The number of nitrogens with one attached hydrogen (secondary N) is 1. The number of aryl methyl sites for hydroxylation is 1. The maximum Gasteiger partial charge on any atom is 0.193 e. The smallest absolute Gasteiger partial charge is 0.193 e. The topological polar surface area (TPSA) is 45.5 Å². The highest BCUT2D eigenvalue weighted by molar-refractivity contribution is 14.0. The minimum atomic E-state index is 0. The van der Waals surface area contributed by atoms with Crippen LogP contribution in [0.5, 0.6) is 0 Å². The van der Waals surface area contributed by atoms with Crippen molar-refractivity contribution in [3.8, 4) is 0 Å². The van der Waals surface area contributed by atoms with Crippen LogP contribution in [0.4, 0.5) is 0 Å². The normalized spacial score (nSPS) is 18.4. The summed E-state index contributed by atoms with van der Waals surface area (Å²) >= 11 is 0. The van der Waals surface area contributed by atoms with E-state index in [9.17, 15) is 0 Å². The van der Waals surface area contributed by atoms with Gasteiger partial charge in [0.1, 0.15) is 0 Å². The van der Waals surface area contributed by atoms with Gasteiger partial charge in [-0.05, 0) is 44.1 Å². The SMILES string of the molecule is CCNC(=NCCn1cc(C)cn1)N1CCC(CC(C)C)C1.I. The molecule has 132 valence electrons. The lowest BCUT2D eigenvalue weighted by molar-refractivity contribution is 0.403.